The summed E-state index contributed by atoms with van der Waals surface area (Å²) in [7, 11) is 1.37. The van der Waals surface area contributed by atoms with Crippen molar-refractivity contribution in [2.45, 2.75) is 12.8 Å². The van der Waals surface area contributed by atoms with Gasteiger partial charge in [0, 0.05) is 33.2 Å². The van der Waals surface area contributed by atoms with Gasteiger partial charge in [-0.3, -0.25) is 14.6 Å². The van der Waals surface area contributed by atoms with Crippen LogP contribution in [0.25, 0.3) is 5.70 Å². The molecular weight excluding hydrogens is 322 g/mol. The molecule has 1 aromatic carbocycles. The number of hydrogen-bond donors (Lipinski definition) is 0. The van der Waals surface area contributed by atoms with Gasteiger partial charge in [-0.05, 0) is 18.4 Å². The van der Waals surface area contributed by atoms with Gasteiger partial charge in [-0.1, -0.05) is 30.3 Å². The van der Waals surface area contributed by atoms with E-state index in [0.717, 1.165) is 10.4 Å². The predicted molar refractivity (Wildman–Crippen MR) is 93.4 cm³/mol. The van der Waals surface area contributed by atoms with Crippen molar-refractivity contribution in [1.29, 1.82) is 0 Å². The van der Waals surface area contributed by atoms with Gasteiger partial charge in [0.2, 0.25) is 0 Å². The Kier molecular flexibility index (Phi) is 3.46. The predicted octanol–water partition coefficient (Wildman–Crippen LogP) is 3.70. The maximum absolute atomic E-state index is 13.0. The molecule has 4 rings (SSSR count). The van der Waals surface area contributed by atoms with Crippen LogP contribution in [-0.2, 0) is 9.53 Å². The molecule has 2 heterocycles. The number of ether oxygens (including phenoxy) is 1. The van der Waals surface area contributed by atoms with Crippen molar-refractivity contribution in [1.82, 2.24) is 0 Å². The summed E-state index contributed by atoms with van der Waals surface area (Å²) in [5.41, 5.74) is 3.50. The summed E-state index contributed by atoms with van der Waals surface area (Å²) in [5.74, 6) is -1.30. The molecule has 2 aliphatic rings. The molecule has 0 spiro atoms. The molecular formula is C19H15NO3S. The number of rotatable bonds is 2. The smallest absolute Gasteiger partial charge is 0.315 e. The van der Waals surface area contributed by atoms with E-state index in [1.807, 2.05) is 48.7 Å². The molecule has 0 amide bonds. The SMILES string of the molecule is COC(=O)C1C(C)=NC2=C(C(=O)c3ccccc32)[C@H]1c1cccs1. The fourth-order valence-corrected chi connectivity index (χ4v) is 4.43. The van der Waals surface area contributed by atoms with Crippen LogP contribution in [0.15, 0.2) is 52.3 Å². The van der Waals surface area contributed by atoms with Gasteiger partial charge in [-0.2, -0.15) is 0 Å². The van der Waals surface area contributed by atoms with E-state index in [0.29, 0.717) is 22.5 Å². The van der Waals surface area contributed by atoms with Crippen LogP contribution in [0.5, 0.6) is 0 Å². The molecule has 0 saturated carbocycles. The van der Waals surface area contributed by atoms with Gasteiger partial charge in [0.1, 0.15) is 5.92 Å². The lowest BCUT2D eigenvalue weighted by Gasteiger charge is -2.29. The van der Waals surface area contributed by atoms with Crippen LogP contribution in [0, 0.1) is 5.92 Å². The fourth-order valence-electron chi connectivity index (χ4n) is 3.56. The van der Waals surface area contributed by atoms with Gasteiger partial charge in [-0.25, -0.2) is 0 Å². The number of methoxy groups -OCH3 is 1. The Morgan fingerprint density at radius 3 is 2.58 bits per heavy atom. The van der Waals surface area contributed by atoms with Crippen LogP contribution in [0.4, 0.5) is 0 Å². The molecule has 0 bridgehead atoms. The normalized spacial score (nSPS) is 22.1. The number of Topliss-reactive ketones (excluding diaryl/α,β-unsaturated/α-hetero) is 1. The number of allylic oxidation sites excluding steroid dienone is 1. The van der Waals surface area contributed by atoms with Crippen LogP contribution < -0.4 is 0 Å². The highest BCUT2D eigenvalue weighted by molar-refractivity contribution is 7.10. The van der Waals surface area contributed by atoms with Crippen LogP contribution in [0.1, 0.15) is 33.6 Å². The summed E-state index contributed by atoms with van der Waals surface area (Å²) in [6.07, 6.45) is 0. The third-order valence-corrected chi connectivity index (χ3v) is 5.57. The van der Waals surface area contributed by atoms with E-state index in [4.69, 9.17) is 4.74 Å². The highest BCUT2D eigenvalue weighted by Gasteiger charge is 2.46. The Balaban J connectivity index is 1.96. The summed E-state index contributed by atoms with van der Waals surface area (Å²) in [4.78, 5) is 31.0. The molecule has 1 aliphatic carbocycles. The maximum atomic E-state index is 13.0. The Bertz CT molecular complexity index is 908. The lowest BCUT2D eigenvalue weighted by Crippen LogP contribution is -2.34. The minimum Gasteiger partial charge on any atom is -0.468 e. The Hall–Kier alpha value is -2.53. The van der Waals surface area contributed by atoms with E-state index >= 15 is 0 Å². The molecule has 1 unspecified atom stereocenters. The van der Waals surface area contributed by atoms with Crippen molar-refractivity contribution >= 4 is 34.5 Å². The summed E-state index contributed by atoms with van der Waals surface area (Å²) >= 11 is 1.54. The zero-order valence-corrected chi connectivity index (χ0v) is 14.1. The molecule has 0 radical (unpaired) electrons. The second-order valence-corrected chi connectivity index (χ2v) is 6.86. The summed E-state index contributed by atoms with van der Waals surface area (Å²) in [6.45, 7) is 1.83. The maximum Gasteiger partial charge on any atom is 0.315 e. The van der Waals surface area contributed by atoms with Gasteiger partial charge in [0.15, 0.2) is 5.78 Å². The zero-order valence-electron chi connectivity index (χ0n) is 13.3. The third kappa shape index (κ3) is 2.01. The zero-order chi connectivity index (χ0) is 16.8. The van der Waals surface area contributed by atoms with E-state index in [1.165, 1.54) is 7.11 Å². The Morgan fingerprint density at radius 2 is 1.92 bits per heavy atom. The number of thiophene rings is 1. The molecule has 1 aromatic heterocycles. The van der Waals surface area contributed by atoms with E-state index in [1.54, 1.807) is 11.3 Å². The van der Waals surface area contributed by atoms with Crippen molar-refractivity contribution in [3.05, 3.63) is 63.4 Å². The molecule has 0 N–H and O–H groups in total. The lowest BCUT2D eigenvalue weighted by molar-refractivity contribution is -0.143. The van der Waals surface area contributed by atoms with E-state index < -0.39 is 5.92 Å². The second-order valence-electron chi connectivity index (χ2n) is 5.88. The van der Waals surface area contributed by atoms with Crippen LogP contribution in [-0.4, -0.2) is 24.6 Å². The molecule has 24 heavy (non-hydrogen) atoms. The number of esters is 1. The van der Waals surface area contributed by atoms with Gasteiger partial charge < -0.3 is 4.74 Å². The van der Waals surface area contributed by atoms with E-state index in [9.17, 15) is 9.59 Å². The van der Waals surface area contributed by atoms with Crippen LogP contribution in [0.3, 0.4) is 0 Å². The first kappa shape index (κ1) is 15.0. The molecule has 120 valence electrons. The number of benzene rings is 1. The van der Waals surface area contributed by atoms with Gasteiger partial charge >= 0.3 is 5.97 Å². The van der Waals surface area contributed by atoms with Crippen molar-refractivity contribution in [2.24, 2.45) is 10.9 Å². The van der Waals surface area contributed by atoms with Crippen molar-refractivity contribution in [3.8, 4) is 0 Å². The standard InChI is InChI=1S/C19H15NO3S/c1-10-14(19(22)23-2)15(13-8-5-9-24-13)16-17(20-10)11-6-3-4-7-12(11)18(16)21/h3-9,14-15H,1-2H3/t14?,15-/m0/s1. The largest absolute Gasteiger partial charge is 0.468 e. The number of carbonyl (C=O) groups excluding carboxylic acids is 2. The number of hydrogen-bond acceptors (Lipinski definition) is 5. The quantitative estimate of drug-likeness (QED) is 0.785. The first-order valence-corrected chi connectivity index (χ1v) is 8.56. The van der Waals surface area contributed by atoms with Gasteiger partial charge in [-0.15, -0.1) is 11.3 Å². The average molecular weight is 337 g/mol. The highest BCUT2D eigenvalue weighted by Crippen LogP contribution is 2.48. The molecule has 4 nitrogen and oxygen atoms in total. The van der Waals surface area contributed by atoms with Gasteiger partial charge in [0.25, 0.3) is 0 Å². The monoisotopic (exact) mass is 337 g/mol. The van der Waals surface area contributed by atoms with E-state index in [2.05, 4.69) is 4.99 Å². The van der Waals surface area contributed by atoms with E-state index in [-0.39, 0.29) is 17.7 Å². The fraction of sp³-hybridized carbons (Fsp3) is 0.211. The molecule has 2 atom stereocenters. The van der Waals surface area contributed by atoms with Crippen LogP contribution >= 0.6 is 11.3 Å². The number of aliphatic imine (C=N–C) groups is 1. The Morgan fingerprint density at radius 1 is 1.17 bits per heavy atom. The number of fused-ring (bicyclic) bond motifs is 2. The minimum atomic E-state index is -0.564. The topological polar surface area (TPSA) is 55.7 Å². The third-order valence-electron chi connectivity index (χ3n) is 4.61. The van der Waals surface area contributed by atoms with Crippen molar-refractivity contribution < 1.29 is 14.3 Å². The molecule has 1 aliphatic heterocycles. The van der Waals surface area contributed by atoms with Gasteiger partial charge in [0.05, 0.1) is 12.8 Å². The highest BCUT2D eigenvalue weighted by atomic mass is 32.1. The Labute approximate surface area is 143 Å². The summed E-state index contributed by atoms with van der Waals surface area (Å²) < 4.78 is 5.00. The van der Waals surface area contributed by atoms with Crippen LogP contribution in [0.2, 0.25) is 0 Å². The number of nitrogens with zero attached hydrogens (tertiary/aromatic N) is 1. The first-order chi connectivity index (χ1) is 11.6. The second kappa shape index (κ2) is 5.53. The lowest BCUT2D eigenvalue weighted by atomic mass is 9.78. The minimum absolute atomic E-state index is 0.0378. The molecule has 2 aromatic rings. The molecule has 0 fully saturated rings. The van der Waals surface area contributed by atoms with Crippen molar-refractivity contribution in [3.63, 3.8) is 0 Å². The molecule has 0 saturated heterocycles. The van der Waals surface area contributed by atoms with Crippen molar-refractivity contribution in [2.75, 3.05) is 7.11 Å². The average Bonchev–Trinajstić information content (AvgIpc) is 3.22. The number of carbonyl (C=O) groups is 2. The summed E-state index contributed by atoms with van der Waals surface area (Å²) in [6, 6.07) is 11.4. The first-order valence-electron chi connectivity index (χ1n) is 7.68. The molecule has 5 heteroatoms. The summed E-state index contributed by atoms with van der Waals surface area (Å²) in [5, 5.41) is 1.96. The number of ketones is 1.